The second-order valence-electron chi connectivity index (χ2n) is 5.68. The minimum absolute atomic E-state index is 0.169. The molecule has 19 heavy (non-hydrogen) atoms. The van der Waals surface area contributed by atoms with E-state index in [0.29, 0.717) is 6.42 Å². The lowest BCUT2D eigenvalue weighted by atomic mass is 10.2. The Bertz CT molecular complexity index is 491. The number of alkyl carbamates (subject to hydrolysis) is 1. The minimum atomic E-state index is -1.22. The molecule has 0 aromatic carbocycles. The Morgan fingerprint density at radius 3 is 2.68 bits per heavy atom. The number of carboxylic acid groups (broad SMARTS) is 1. The smallest absolute Gasteiger partial charge is 0.408 e. The Morgan fingerprint density at radius 1 is 1.53 bits per heavy atom. The van der Waals surface area contributed by atoms with Crippen molar-refractivity contribution < 1.29 is 19.4 Å². The summed E-state index contributed by atoms with van der Waals surface area (Å²) in [4.78, 5) is 24.1. The van der Waals surface area contributed by atoms with Gasteiger partial charge in [0.2, 0.25) is 0 Å². The second-order valence-corrected chi connectivity index (χ2v) is 6.65. The molecule has 1 aliphatic rings. The zero-order valence-corrected chi connectivity index (χ0v) is 11.9. The van der Waals surface area contributed by atoms with Gasteiger partial charge in [0.1, 0.15) is 11.1 Å². The highest BCUT2D eigenvalue weighted by molar-refractivity contribution is 7.10. The molecule has 2 atom stereocenters. The molecule has 0 aliphatic heterocycles. The minimum Gasteiger partial charge on any atom is -0.479 e. The van der Waals surface area contributed by atoms with Gasteiger partial charge in [-0.2, -0.15) is 0 Å². The SMILES string of the molecule is CC(C)(C)OC(=O)N[C@@]1(C(=O)O)C[C@@H]1c1cccs1. The maximum atomic E-state index is 11.7. The van der Waals surface area contributed by atoms with Crippen LogP contribution in [0.3, 0.4) is 0 Å². The van der Waals surface area contributed by atoms with Gasteiger partial charge in [0.25, 0.3) is 0 Å². The summed E-state index contributed by atoms with van der Waals surface area (Å²) in [5.74, 6) is -1.19. The molecule has 1 amide bonds. The standard InChI is InChI=1S/C13H17NO4S/c1-12(2,3)18-11(17)14-13(10(15)16)7-8(13)9-5-4-6-19-9/h4-6,8H,7H2,1-3H3,(H,14,17)(H,15,16)/t8-,13+/m1/s1. The predicted octanol–water partition coefficient (Wildman–Crippen LogP) is 2.58. The van der Waals surface area contributed by atoms with Crippen molar-refractivity contribution in [1.29, 1.82) is 0 Å². The van der Waals surface area contributed by atoms with Gasteiger partial charge in [-0.25, -0.2) is 9.59 Å². The lowest BCUT2D eigenvalue weighted by Gasteiger charge is -2.22. The van der Waals surface area contributed by atoms with Crippen LogP contribution >= 0.6 is 11.3 Å². The van der Waals surface area contributed by atoms with E-state index in [1.165, 1.54) is 11.3 Å². The van der Waals surface area contributed by atoms with Crippen LogP contribution in [0.4, 0.5) is 4.79 Å². The number of carboxylic acids is 1. The van der Waals surface area contributed by atoms with E-state index in [4.69, 9.17) is 4.74 Å². The third-order valence-electron chi connectivity index (χ3n) is 2.95. The van der Waals surface area contributed by atoms with Crippen molar-refractivity contribution >= 4 is 23.4 Å². The fourth-order valence-corrected chi connectivity index (χ4v) is 2.93. The molecule has 1 aliphatic carbocycles. The van der Waals surface area contributed by atoms with Crippen molar-refractivity contribution in [2.24, 2.45) is 0 Å². The highest BCUT2D eigenvalue weighted by atomic mass is 32.1. The van der Waals surface area contributed by atoms with Crippen LogP contribution in [0.2, 0.25) is 0 Å². The molecule has 1 saturated carbocycles. The average molecular weight is 283 g/mol. The van der Waals surface area contributed by atoms with Crippen LogP contribution in [0, 0.1) is 0 Å². The molecule has 104 valence electrons. The molecule has 1 aromatic heterocycles. The summed E-state index contributed by atoms with van der Waals surface area (Å²) in [6.45, 7) is 5.22. The zero-order chi connectivity index (χ0) is 14.3. The molecule has 1 heterocycles. The fraction of sp³-hybridized carbons (Fsp3) is 0.538. The molecule has 0 radical (unpaired) electrons. The summed E-state index contributed by atoms with van der Waals surface area (Å²) in [5, 5.41) is 13.8. The fourth-order valence-electron chi connectivity index (χ4n) is 2.01. The van der Waals surface area contributed by atoms with Gasteiger partial charge in [-0.1, -0.05) is 6.07 Å². The number of hydrogen-bond donors (Lipinski definition) is 2. The summed E-state index contributed by atoms with van der Waals surface area (Å²) in [7, 11) is 0. The zero-order valence-electron chi connectivity index (χ0n) is 11.1. The second kappa shape index (κ2) is 4.52. The Balaban J connectivity index is 2.08. The van der Waals surface area contributed by atoms with Crippen molar-refractivity contribution in [3.8, 4) is 0 Å². The molecule has 0 unspecified atom stereocenters. The lowest BCUT2D eigenvalue weighted by Crippen LogP contribution is -2.46. The Hall–Kier alpha value is -1.56. The van der Waals surface area contributed by atoms with E-state index in [1.807, 2.05) is 17.5 Å². The molecule has 6 heteroatoms. The molecule has 5 nitrogen and oxygen atoms in total. The van der Waals surface area contributed by atoms with Crippen LogP contribution < -0.4 is 5.32 Å². The highest BCUT2D eigenvalue weighted by Crippen LogP contribution is 2.53. The highest BCUT2D eigenvalue weighted by Gasteiger charge is 2.63. The van der Waals surface area contributed by atoms with E-state index < -0.39 is 23.2 Å². The van der Waals surface area contributed by atoms with Gasteiger partial charge in [0.05, 0.1) is 0 Å². The molecule has 1 aromatic rings. The Labute approximate surface area is 115 Å². The number of carbonyl (C=O) groups excluding carboxylic acids is 1. The van der Waals surface area contributed by atoms with Gasteiger partial charge >= 0.3 is 12.1 Å². The average Bonchev–Trinajstić information content (AvgIpc) is 2.72. The van der Waals surface area contributed by atoms with E-state index in [1.54, 1.807) is 20.8 Å². The molecule has 2 N–H and O–H groups in total. The number of nitrogens with one attached hydrogen (secondary N) is 1. The number of amides is 1. The third-order valence-corrected chi connectivity index (χ3v) is 3.94. The van der Waals surface area contributed by atoms with Crippen LogP contribution in [-0.2, 0) is 9.53 Å². The van der Waals surface area contributed by atoms with E-state index in [0.717, 1.165) is 4.88 Å². The number of hydrogen-bond acceptors (Lipinski definition) is 4. The molecule has 0 spiro atoms. The van der Waals surface area contributed by atoms with Crippen molar-refractivity contribution in [2.45, 2.75) is 44.2 Å². The van der Waals surface area contributed by atoms with E-state index in [9.17, 15) is 14.7 Å². The van der Waals surface area contributed by atoms with E-state index in [-0.39, 0.29) is 5.92 Å². The summed E-state index contributed by atoms with van der Waals surface area (Å²) >= 11 is 1.50. The molecule has 0 saturated heterocycles. The van der Waals surface area contributed by atoms with Gasteiger partial charge in [0, 0.05) is 10.8 Å². The van der Waals surface area contributed by atoms with Gasteiger partial charge < -0.3 is 15.2 Å². The maximum Gasteiger partial charge on any atom is 0.408 e. The number of carbonyl (C=O) groups is 2. The van der Waals surface area contributed by atoms with Crippen LogP contribution in [0.5, 0.6) is 0 Å². The molecule has 2 rings (SSSR count). The van der Waals surface area contributed by atoms with Gasteiger partial charge in [-0.3, -0.25) is 0 Å². The summed E-state index contributed by atoms with van der Waals surface area (Å²) in [6, 6.07) is 3.76. The Kier molecular flexibility index (Phi) is 3.30. The van der Waals surface area contributed by atoms with E-state index in [2.05, 4.69) is 5.32 Å². The third kappa shape index (κ3) is 2.89. The molecule has 0 bridgehead atoms. The number of thiophene rings is 1. The first kappa shape index (κ1) is 13.9. The number of aliphatic carboxylic acids is 1. The van der Waals surface area contributed by atoms with Crippen molar-refractivity contribution in [2.75, 3.05) is 0 Å². The van der Waals surface area contributed by atoms with Crippen LogP contribution in [0.15, 0.2) is 17.5 Å². The largest absolute Gasteiger partial charge is 0.479 e. The molecular formula is C13H17NO4S. The van der Waals surface area contributed by atoms with Crippen molar-refractivity contribution in [1.82, 2.24) is 5.32 Å². The predicted molar refractivity (Wildman–Crippen MR) is 71.4 cm³/mol. The summed E-state index contributed by atoms with van der Waals surface area (Å²) < 4.78 is 5.12. The van der Waals surface area contributed by atoms with Crippen LogP contribution in [0.1, 0.15) is 38.0 Å². The normalized spacial score (nSPS) is 25.7. The van der Waals surface area contributed by atoms with Crippen molar-refractivity contribution in [3.63, 3.8) is 0 Å². The van der Waals surface area contributed by atoms with Crippen LogP contribution in [0.25, 0.3) is 0 Å². The molecular weight excluding hydrogens is 266 g/mol. The Morgan fingerprint density at radius 2 is 2.21 bits per heavy atom. The maximum absolute atomic E-state index is 11.7. The number of rotatable bonds is 3. The lowest BCUT2D eigenvalue weighted by molar-refractivity contribution is -0.140. The first-order valence-electron chi connectivity index (χ1n) is 6.02. The summed E-state index contributed by atoms with van der Waals surface area (Å²) in [6.07, 6.45) is -0.281. The van der Waals surface area contributed by atoms with Gasteiger partial charge in [0.15, 0.2) is 0 Å². The quantitative estimate of drug-likeness (QED) is 0.894. The van der Waals surface area contributed by atoms with Crippen molar-refractivity contribution in [3.05, 3.63) is 22.4 Å². The monoisotopic (exact) mass is 283 g/mol. The van der Waals surface area contributed by atoms with Crippen LogP contribution in [-0.4, -0.2) is 28.3 Å². The van der Waals surface area contributed by atoms with E-state index >= 15 is 0 Å². The topological polar surface area (TPSA) is 75.6 Å². The summed E-state index contributed by atoms with van der Waals surface area (Å²) in [5.41, 5.74) is -1.86. The number of ether oxygens (including phenoxy) is 1. The van der Waals surface area contributed by atoms with Gasteiger partial charge in [-0.15, -0.1) is 11.3 Å². The first-order valence-corrected chi connectivity index (χ1v) is 6.90. The molecule has 1 fully saturated rings. The van der Waals surface area contributed by atoms with Gasteiger partial charge in [-0.05, 0) is 38.6 Å². The first-order chi connectivity index (χ1) is 8.74.